The Morgan fingerprint density at radius 1 is 1.14 bits per heavy atom. The molecule has 0 bridgehead atoms. The number of furan rings is 1. The number of carbonyl (C=O) groups excluding carboxylic acids is 3. The van der Waals surface area contributed by atoms with Gasteiger partial charge in [0.2, 0.25) is 12.3 Å². The lowest BCUT2D eigenvalue weighted by molar-refractivity contribution is -0.168. The third-order valence-corrected chi connectivity index (χ3v) is 5.61. The Kier molecular flexibility index (Phi) is 11.1. The molecule has 0 aliphatic carbocycles. The number of hydroxylamine groups is 2. The zero-order chi connectivity index (χ0) is 25.8. The molecule has 1 aromatic carbocycles. The molecule has 0 saturated carbocycles. The first-order chi connectivity index (χ1) is 16.8. The van der Waals surface area contributed by atoms with Crippen LogP contribution in [0.5, 0.6) is 11.5 Å². The molecule has 1 heterocycles. The smallest absolute Gasteiger partial charge is 0.288 e. The fourth-order valence-corrected chi connectivity index (χ4v) is 3.87. The van der Waals surface area contributed by atoms with Crippen molar-refractivity contribution in [2.75, 3.05) is 13.3 Å². The number of phenols is 1. The summed E-state index contributed by atoms with van der Waals surface area (Å²) in [6.07, 6.45) is 3.88. The molecular weight excluding hydrogens is 454 g/mol. The highest BCUT2D eigenvalue weighted by atomic mass is 16.5. The number of nitrogens with zero attached hydrogens (tertiary/aromatic N) is 1. The molecule has 35 heavy (non-hydrogen) atoms. The minimum Gasteiger partial charge on any atom is -0.508 e. The molecule has 2 atom stereocenters. The molecule has 2 rings (SSSR count). The summed E-state index contributed by atoms with van der Waals surface area (Å²) < 4.78 is 11.0. The highest BCUT2D eigenvalue weighted by molar-refractivity contribution is 5.92. The number of phenolic OH excluding ortho intramolecular Hbond substituents is 1. The van der Waals surface area contributed by atoms with Gasteiger partial charge in [-0.05, 0) is 44.0 Å². The Hall–Kier alpha value is -3.53. The van der Waals surface area contributed by atoms with Crippen LogP contribution in [0.3, 0.4) is 0 Å². The third kappa shape index (κ3) is 8.03. The van der Waals surface area contributed by atoms with Gasteiger partial charge in [0, 0.05) is 11.6 Å². The van der Waals surface area contributed by atoms with Gasteiger partial charge in [-0.2, -0.15) is 0 Å². The van der Waals surface area contributed by atoms with E-state index in [0.717, 1.165) is 19.3 Å². The molecule has 0 saturated heterocycles. The van der Waals surface area contributed by atoms with E-state index in [1.54, 1.807) is 19.1 Å². The van der Waals surface area contributed by atoms with E-state index in [-0.39, 0.29) is 24.1 Å². The lowest BCUT2D eigenvalue weighted by Gasteiger charge is -2.29. The zero-order valence-corrected chi connectivity index (χ0v) is 20.5. The number of nitrogens with one attached hydrogen (secondary N) is 2. The van der Waals surface area contributed by atoms with Crippen molar-refractivity contribution in [3.8, 4) is 22.8 Å². The van der Waals surface area contributed by atoms with Gasteiger partial charge in [-0.3, -0.25) is 19.6 Å². The van der Waals surface area contributed by atoms with Gasteiger partial charge in [-0.1, -0.05) is 33.1 Å². The van der Waals surface area contributed by atoms with Crippen LogP contribution in [0.25, 0.3) is 11.3 Å². The lowest BCUT2D eigenvalue weighted by Crippen LogP contribution is -2.47. The van der Waals surface area contributed by atoms with Crippen LogP contribution in [0.4, 0.5) is 0 Å². The molecule has 2 unspecified atom stereocenters. The normalized spacial score (nSPS) is 12.5. The van der Waals surface area contributed by atoms with Crippen LogP contribution in [-0.2, 0) is 9.59 Å². The second-order valence-corrected chi connectivity index (χ2v) is 8.10. The predicted octanol–water partition coefficient (Wildman–Crippen LogP) is 3.68. The van der Waals surface area contributed by atoms with Crippen molar-refractivity contribution in [3.05, 3.63) is 36.1 Å². The van der Waals surface area contributed by atoms with Gasteiger partial charge < -0.3 is 24.9 Å². The Morgan fingerprint density at radius 2 is 1.91 bits per heavy atom. The highest BCUT2D eigenvalue weighted by Gasteiger charge is 2.30. The van der Waals surface area contributed by atoms with Crippen LogP contribution in [0.2, 0.25) is 0 Å². The summed E-state index contributed by atoms with van der Waals surface area (Å²) in [6, 6.07) is 7.10. The number of ether oxygens (including phenoxy) is 1. The van der Waals surface area contributed by atoms with Crippen molar-refractivity contribution in [1.82, 2.24) is 15.7 Å². The predicted molar refractivity (Wildman–Crippen MR) is 129 cm³/mol. The average molecular weight is 490 g/mol. The summed E-state index contributed by atoms with van der Waals surface area (Å²) in [5, 5.41) is 25.6. The standard InChI is InChI=1S/C25H35N3O7/c1-4-7-8-9-20(21(5-2)28(33)16-29)24(31)26-15-27-25(32)23-11-10-22(35-23)17-12-18(30)14-19(13-17)34-6-3/h10-14,16,20-21,30,33H,4-9,15H2,1-3H3,(H,26,31)(H,27,32). The van der Waals surface area contributed by atoms with E-state index in [1.807, 2.05) is 13.8 Å². The summed E-state index contributed by atoms with van der Waals surface area (Å²) in [5.41, 5.74) is 0.546. The van der Waals surface area contributed by atoms with Gasteiger partial charge in [0.15, 0.2) is 5.76 Å². The fourth-order valence-electron chi connectivity index (χ4n) is 3.87. The number of carbonyl (C=O) groups is 3. The van der Waals surface area contributed by atoms with E-state index in [9.17, 15) is 24.7 Å². The quantitative estimate of drug-likeness (QED) is 0.0983. The van der Waals surface area contributed by atoms with E-state index < -0.39 is 17.9 Å². The SMILES string of the molecule is CCCCCC(C(=O)NCNC(=O)c1ccc(-c2cc(O)cc(OCC)c2)o1)C(CC)N(O)C=O. The Labute approximate surface area is 205 Å². The molecular formula is C25H35N3O7. The van der Waals surface area contributed by atoms with Crippen LogP contribution in [-0.4, -0.2) is 52.9 Å². The van der Waals surface area contributed by atoms with Crippen molar-refractivity contribution < 1.29 is 33.9 Å². The van der Waals surface area contributed by atoms with Gasteiger partial charge in [-0.15, -0.1) is 0 Å². The molecule has 4 N–H and O–H groups in total. The Morgan fingerprint density at radius 3 is 2.57 bits per heavy atom. The third-order valence-electron chi connectivity index (χ3n) is 5.61. The minimum absolute atomic E-state index is 0.00552. The molecule has 10 nitrogen and oxygen atoms in total. The van der Waals surface area contributed by atoms with Crippen molar-refractivity contribution in [2.24, 2.45) is 5.92 Å². The van der Waals surface area contributed by atoms with Gasteiger partial charge in [0.05, 0.1) is 25.2 Å². The van der Waals surface area contributed by atoms with Crippen LogP contribution in [0.1, 0.15) is 63.4 Å². The molecule has 0 aliphatic heterocycles. The number of aromatic hydroxyl groups is 1. The largest absolute Gasteiger partial charge is 0.508 e. The summed E-state index contributed by atoms with van der Waals surface area (Å²) >= 11 is 0. The molecule has 1 aromatic heterocycles. The van der Waals surface area contributed by atoms with Crippen LogP contribution >= 0.6 is 0 Å². The number of hydrogen-bond donors (Lipinski definition) is 4. The summed E-state index contributed by atoms with van der Waals surface area (Å²) in [4.78, 5) is 36.4. The zero-order valence-electron chi connectivity index (χ0n) is 20.5. The van der Waals surface area contributed by atoms with Crippen LogP contribution in [0, 0.1) is 5.92 Å². The van der Waals surface area contributed by atoms with Crippen molar-refractivity contribution >= 4 is 18.2 Å². The topological polar surface area (TPSA) is 141 Å². The maximum Gasteiger partial charge on any atom is 0.288 e. The molecule has 0 radical (unpaired) electrons. The summed E-state index contributed by atoms with van der Waals surface area (Å²) in [6.45, 7) is 5.95. The number of hydrogen-bond acceptors (Lipinski definition) is 7. The van der Waals surface area contributed by atoms with E-state index in [0.29, 0.717) is 48.0 Å². The average Bonchev–Trinajstić information content (AvgIpc) is 3.33. The van der Waals surface area contributed by atoms with Crippen molar-refractivity contribution in [3.63, 3.8) is 0 Å². The first kappa shape index (κ1) is 27.7. The maximum atomic E-state index is 12.8. The second kappa shape index (κ2) is 14.0. The second-order valence-electron chi connectivity index (χ2n) is 8.10. The van der Waals surface area contributed by atoms with Gasteiger partial charge in [0.1, 0.15) is 17.3 Å². The highest BCUT2D eigenvalue weighted by Crippen LogP contribution is 2.30. The minimum atomic E-state index is -0.656. The first-order valence-electron chi connectivity index (χ1n) is 11.9. The molecule has 0 fully saturated rings. The summed E-state index contributed by atoms with van der Waals surface area (Å²) in [5.74, 6) is -0.628. The lowest BCUT2D eigenvalue weighted by atomic mass is 9.90. The Balaban J connectivity index is 2.00. The van der Waals surface area contributed by atoms with Crippen molar-refractivity contribution in [2.45, 2.75) is 58.9 Å². The van der Waals surface area contributed by atoms with Gasteiger partial charge >= 0.3 is 0 Å². The molecule has 192 valence electrons. The number of benzene rings is 1. The van der Waals surface area contributed by atoms with Crippen LogP contribution in [0.15, 0.2) is 34.7 Å². The number of rotatable bonds is 15. The van der Waals surface area contributed by atoms with E-state index in [1.165, 1.54) is 18.2 Å². The number of amides is 3. The van der Waals surface area contributed by atoms with Gasteiger partial charge in [0.25, 0.3) is 5.91 Å². The molecule has 10 heteroatoms. The van der Waals surface area contributed by atoms with Gasteiger partial charge in [-0.25, -0.2) is 5.06 Å². The van der Waals surface area contributed by atoms with E-state index in [4.69, 9.17) is 9.15 Å². The molecule has 2 aromatic rings. The monoisotopic (exact) mass is 489 g/mol. The maximum absolute atomic E-state index is 12.8. The summed E-state index contributed by atoms with van der Waals surface area (Å²) in [7, 11) is 0. The van der Waals surface area contributed by atoms with E-state index in [2.05, 4.69) is 10.6 Å². The Bertz CT molecular complexity index is 976. The fraction of sp³-hybridized carbons (Fsp3) is 0.480. The molecule has 3 amide bonds. The van der Waals surface area contributed by atoms with Crippen molar-refractivity contribution in [1.29, 1.82) is 0 Å². The molecule has 0 spiro atoms. The van der Waals surface area contributed by atoms with Crippen LogP contribution < -0.4 is 15.4 Å². The molecule has 0 aliphatic rings. The first-order valence-corrected chi connectivity index (χ1v) is 11.9. The van der Waals surface area contributed by atoms with E-state index >= 15 is 0 Å². The number of unbranched alkanes of at least 4 members (excludes halogenated alkanes) is 2.